The molecule has 90 valence electrons. The number of amides is 2. The third kappa shape index (κ3) is 2.34. The summed E-state index contributed by atoms with van der Waals surface area (Å²) in [5.74, 6) is -1.71. The number of aliphatic hydroxyl groups is 1. The van der Waals surface area contributed by atoms with E-state index >= 15 is 0 Å². The Morgan fingerprint density at radius 2 is 2.18 bits per heavy atom. The van der Waals surface area contributed by atoms with Gasteiger partial charge in [-0.05, 0) is 18.1 Å². The molecule has 1 aliphatic rings. The second-order valence-corrected chi connectivity index (χ2v) is 4.01. The lowest BCUT2D eigenvalue weighted by atomic mass is 9.90. The zero-order chi connectivity index (χ0) is 12.4. The van der Waals surface area contributed by atoms with Gasteiger partial charge >= 0.3 is 0 Å². The number of piperidine rings is 1. The number of halogens is 1. The number of benzene rings is 1. The van der Waals surface area contributed by atoms with Crippen LogP contribution in [0.15, 0.2) is 18.2 Å². The van der Waals surface area contributed by atoms with Crippen LogP contribution in [0.4, 0.5) is 4.39 Å². The van der Waals surface area contributed by atoms with Gasteiger partial charge in [-0.1, -0.05) is 12.1 Å². The molecular formula is C12H12FNO3. The van der Waals surface area contributed by atoms with Crippen LogP contribution in [0.25, 0.3) is 0 Å². The Balaban J connectivity index is 2.25. The normalized spacial score (nSPS) is 20.2. The van der Waals surface area contributed by atoms with Crippen molar-refractivity contribution < 1.29 is 19.1 Å². The van der Waals surface area contributed by atoms with Gasteiger partial charge in [-0.3, -0.25) is 14.9 Å². The zero-order valence-electron chi connectivity index (χ0n) is 9.07. The molecule has 0 aromatic heterocycles. The Labute approximate surface area is 97.4 Å². The molecule has 0 spiro atoms. The van der Waals surface area contributed by atoms with Crippen LogP contribution in [-0.4, -0.2) is 16.9 Å². The number of carbonyl (C=O) groups is 2. The number of nitrogens with one attached hydrogen (secondary N) is 1. The minimum absolute atomic E-state index is 0.195. The van der Waals surface area contributed by atoms with E-state index in [4.69, 9.17) is 5.11 Å². The third-order valence-electron chi connectivity index (χ3n) is 2.89. The summed E-state index contributed by atoms with van der Waals surface area (Å²) in [5.41, 5.74) is 0.728. The first-order valence-electron chi connectivity index (χ1n) is 5.34. The fraction of sp³-hybridized carbons (Fsp3) is 0.333. The molecule has 2 rings (SSSR count). The molecule has 1 unspecified atom stereocenters. The summed E-state index contributed by atoms with van der Waals surface area (Å²) >= 11 is 0. The van der Waals surface area contributed by atoms with Crippen molar-refractivity contribution in [3.8, 4) is 0 Å². The fourth-order valence-electron chi connectivity index (χ4n) is 1.92. The number of hydrogen-bond acceptors (Lipinski definition) is 3. The zero-order valence-corrected chi connectivity index (χ0v) is 9.07. The Kier molecular flexibility index (Phi) is 3.19. The molecular weight excluding hydrogens is 225 g/mol. The van der Waals surface area contributed by atoms with Gasteiger partial charge in [0, 0.05) is 12.0 Å². The summed E-state index contributed by atoms with van der Waals surface area (Å²) in [6.45, 7) is -0.374. The molecule has 0 radical (unpaired) electrons. The van der Waals surface area contributed by atoms with E-state index < -0.39 is 17.6 Å². The lowest BCUT2D eigenvalue weighted by Gasteiger charge is -2.21. The predicted octanol–water partition coefficient (Wildman–Crippen LogP) is 0.838. The third-order valence-corrected chi connectivity index (χ3v) is 2.89. The molecule has 4 nitrogen and oxygen atoms in total. The Morgan fingerprint density at radius 1 is 1.41 bits per heavy atom. The lowest BCUT2D eigenvalue weighted by molar-refractivity contribution is -0.134. The maximum Gasteiger partial charge on any atom is 0.234 e. The van der Waals surface area contributed by atoms with Crippen LogP contribution in [-0.2, 0) is 16.2 Å². The molecule has 1 saturated heterocycles. The molecule has 0 bridgehead atoms. The number of hydrogen-bond donors (Lipinski definition) is 2. The van der Waals surface area contributed by atoms with Crippen LogP contribution < -0.4 is 5.32 Å². The monoisotopic (exact) mass is 237 g/mol. The van der Waals surface area contributed by atoms with Crippen molar-refractivity contribution in [1.29, 1.82) is 0 Å². The Bertz CT molecular complexity index is 473. The first kappa shape index (κ1) is 11.7. The highest BCUT2D eigenvalue weighted by Gasteiger charge is 2.28. The average Bonchev–Trinajstić information content (AvgIpc) is 2.29. The van der Waals surface area contributed by atoms with Gasteiger partial charge in [-0.15, -0.1) is 0 Å². The van der Waals surface area contributed by atoms with E-state index in [-0.39, 0.29) is 24.5 Å². The molecule has 1 aromatic carbocycles. The van der Waals surface area contributed by atoms with Crippen LogP contribution in [0.5, 0.6) is 0 Å². The summed E-state index contributed by atoms with van der Waals surface area (Å²) in [5, 5.41) is 11.1. The standard InChI is InChI=1S/C12H12FNO3/c13-10-5-7(1-2-8(10)6-15)9-3-4-11(16)14-12(9)17/h1-2,5,9,15H,3-4,6H2,(H,14,16,17). The van der Waals surface area contributed by atoms with Gasteiger partial charge in [0.25, 0.3) is 0 Å². The molecule has 17 heavy (non-hydrogen) atoms. The molecule has 1 fully saturated rings. The highest BCUT2D eigenvalue weighted by molar-refractivity contribution is 6.00. The van der Waals surface area contributed by atoms with Crippen LogP contribution in [0, 0.1) is 5.82 Å². The van der Waals surface area contributed by atoms with Crippen molar-refractivity contribution in [3.05, 3.63) is 35.1 Å². The first-order chi connectivity index (χ1) is 8.11. The van der Waals surface area contributed by atoms with Crippen molar-refractivity contribution in [2.24, 2.45) is 0 Å². The maximum atomic E-state index is 13.5. The number of aliphatic hydroxyl groups excluding tert-OH is 1. The van der Waals surface area contributed by atoms with Gasteiger partial charge in [-0.25, -0.2) is 4.39 Å². The SMILES string of the molecule is O=C1CCC(c2ccc(CO)c(F)c2)C(=O)N1. The van der Waals surface area contributed by atoms with Crippen LogP contribution >= 0.6 is 0 Å². The summed E-state index contributed by atoms with van der Waals surface area (Å²) in [7, 11) is 0. The highest BCUT2D eigenvalue weighted by atomic mass is 19.1. The summed E-state index contributed by atoms with van der Waals surface area (Å²) < 4.78 is 13.5. The van der Waals surface area contributed by atoms with E-state index in [1.54, 1.807) is 6.07 Å². The summed E-state index contributed by atoms with van der Waals surface area (Å²) in [6, 6.07) is 4.30. The van der Waals surface area contributed by atoms with Gasteiger partial charge < -0.3 is 5.11 Å². The molecule has 1 heterocycles. The second-order valence-electron chi connectivity index (χ2n) is 4.01. The molecule has 0 saturated carbocycles. The van der Waals surface area contributed by atoms with E-state index in [2.05, 4.69) is 5.32 Å². The molecule has 2 amide bonds. The Morgan fingerprint density at radius 3 is 2.76 bits per heavy atom. The smallest absolute Gasteiger partial charge is 0.234 e. The van der Waals surface area contributed by atoms with E-state index in [1.165, 1.54) is 12.1 Å². The summed E-state index contributed by atoms with van der Waals surface area (Å²) in [6.07, 6.45) is 0.655. The van der Waals surface area contributed by atoms with Crippen LogP contribution in [0.1, 0.15) is 29.9 Å². The van der Waals surface area contributed by atoms with Gasteiger partial charge in [0.2, 0.25) is 11.8 Å². The van der Waals surface area contributed by atoms with Crippen LogP contribution in [0.3, 0.4) is 0 Å². The predicted molar refractivity (Wildman–Crippen MR) is 57.4 cm³/mol. The average molecular weight is 237 g/mol. The van der Waals surface area contributed by atoms with E-state index in [0.717, 1.165) is 0 Å². The van der Waals surface area contributed by atoms with Gasteiger partial charge in [0.1, 0.15) is 5.82 Å². The molecule has 1 atom stereocenters. The molecule has 5 heteroatoms. The molecule has 1 aromatic rings. The molecule has 1 aliphatic heterocycles. The minimum atomic E-state index is -0.533. The molecule has 0 aliphatic carbocycles. The number of carbonyl (C=O) groups excluding carboxylic acids is 2. The maximum absolute atomic E-state index is 13.5. The van der Waals surface area contributed by atoms with Crippen molar-refractivity contribution in [1.82, 2.24) is 5.32 Å². The van der Waals surface area contributed by atoms with E-state index in [1.807, 2.05) is 0 Å². The molecule has 2 N–H and O–H groups in total. The van der Waals surface area contributed by atoms with Crippen molar-refractivity contribution in [2.75, 3.05) is 0 Å². The van der Waals surface area contributed by atoms with Crippen molar-refractivity contribution in [3.63, 3.8) is 0 Å². The van der Waals surface area contributed by atoms with Crippen molar-refractivity contribution in [2.45, 2.75) is 25.4 Å². The quantitative estimate of drug-likeness (QED) is 0.749. The largest absolute Gasteiger partial charge is 0.392 e. The topological polar surface area (TPSA) is 66.4 Å². The fourth-order valence-corrected chi connectivity index (χ4v) is 1.92. The van der Waals surface area contributed by atoms with Crippen molar-refractivity contribution >= 4 is 11.8 Å². The van der Waals surface area contributed by atoms with E-state index in [0.29, 0.717) is 12.0 Å². The van der Waals surface area contributed by atoms with E-state index in [9.17, 15) is 14.0 Å². The summed E-state index contributed by atoms with van der Waals surface area (Å²) in [4.78, 5) is 22.5. The lowest BCUT2D eigenvalue weighted by Crippen LogP contribution is -2.39. The van der Waals surface area contributed by atoms with Gasteiger partial charge in [0.15, 0.2) is 0 Å². The number of rotatable bonds is 2. The first-order valence-corrected chi connectivity index (χ1v) is 5.34. The number of imide groups is 1. The van der Waals surface area contributed by atoms with Crippen LogP contribution in [0.2, 0.25) is 0 Å². The van der Waals surface area contributed by atoms with Gasteiger partial charge in [0.05, 0.1) is 12.5 Å². The van der Waals surface area contributed by atoms with Gasteiger partial charge in [-0.2, -0.15) is 0 Å². The Hall–Kier alpha value is -1.75. The highest BCUT2D eigenvalue weighted by Crippen LogP contribution is 2.26. The second kappa shape index (κ2) is 4.63. The minimum Gasteiger partial charge on any atom is -0.392 e.